The summed E-state index contributed by atoms with van der Waals surface area (Å²) in [7, 11) is 0. The van der Waals surface area contributed by atoms with Crippen LogP contribution in [0.2, 0.25) is 0 Å². The van der Waals surface area contributed by atoms with Crippen molar-refractivity contribution in [3.05, 3.63) is 29.3 Å². The lowest BCUT2D eigenvalue weighted by Crippen LogP contribution is -2.41. The molecule has 2 nitrogen and oxygen atoms in total. The number of fused-ring (bicyclic) bond motifs is 2. The van der Waals surface area contributed by atoms with Crippen molar-refractivity contribution < 1.29 is 0 Å². The van der Waals surface area contributed by atoms with Crippen LogP contribution in [-0.2, 0) is 6.42 Å². The molecule has 0 N–H and O–H groups in total. The summed E-state index contributed by atoms with van der Waals surface area (Å²) in [6.07, 6.45) is 7.09. The zero-order chi connectivity index (χ0) is 13.8. The number of benzene rings is 1. The number of hydrogen-bond donors (Lipinski definition) is 0. The molecule has 5 rings (SSSR count). The zero-order valence-corrected chi connectivity index (χ0v) is 12.9. The fourth-order valence-electron chi connectivity index (χ4n) is 5.22. The van der Waals surface area contributed by atoms with E-state index in [1.54, 1.807) is 16.8 Å². The number of nitrogens with zero attached hydrogens (tertiary/aromatic N) is 2. The highest BCUT2D eigenvalue weighted by Gasteiger charge is 2.41. The van der Waals surface area contributed by atoms with Crippen molar-refractivity contribution in [1.29, 1.82) is 0 Å². The molecule has 2 heteroatoms. The second kappa shape index (κ2) is 4.74. The Hall–Kier alpha value is -1.02. The summed E-state index contributed by atoms with van der Waals surface area (Å²) in [6.45, 7) is 6.65. The lowest BCUT2D eigenvalue weighted by atomic mass is 9.80. The largest absolute Gasteiger partial charge is 0.371 e. The lowest BCUT2D eigenvalue weighted by Gasteiger charge is -2.41. The van der Waals surface area contributed by atoms with E-state index in [1.807, 2.05) is 0 Å². The van der Waals surface area contributed by atoms with Gasteiger partial charge in [0, 0.05) is 44.3 Å². The molecular weight excluding hydrogens is 256 g/mol. The summed E-state index contributed by atoms with van der Waals surface area (Å²) in [5, 5.41) is 0. The van der Waals surface area contributed by atoms with Gasteiger partial charge in [-0.25, -0.2) is 0 Å². The maximum Gasteiger partial charge on any atom is 0.0434 e. The molecule has 1 saturated carbocycles. The van der Waals surface area contributed by atoms with Crippen LogP contribution in [0.5, 0.6) is 0 Å². The molecular formula is C19H26N2. The Morgan fingerprint density at radius 3 is 2.86 bits per heavy atom. The van der Waals surface area contributed by atoms with Crippen molar-refractivity contribution in [2.45, 2.75) is 38.0 Å². The van der Waals surface area contributed by atoms with Gasteiger partial charge < -0.3 is 9.80 Å². The standard InChI is InChI=1S/C19H26N2/c1-4-14(5-1)10-20-11-16-12-21-9-3-7-15-6-2-8-17(19(15)21)18(16)13-20/h2,6,8,14,16,18H,1,3-5,7,9-13H2/t16-,18-/m1/s1. The van der Waals surface area contributed by atoms with Gasteiger partial charge in [-0.1, -0.05) is 24.6 Å². The van der Waals surface area contributed by atoms with Gasteiger partial charge >= 0.3 is 0 Å². The summed E-state index contributed by atoms with van der Waals surface area (Å²) in [5.41, 5.74) is 4.93. The second-order valence-electron chi connectivity index (χ2n) is 7.79. The monoisotopic (exact) mass is 282 g/mol. The minimum Gasteiger partial charge on any atom is -0.371 e. The van der Waals surface area contributed by atoms with Crippen molar-refractivity contribution in [1.82, 2.24) is 4.90 Å². The number of aryl methyl sites for hydroxylation is 1. The fraction of sp³-hybridized carbons (Fsp3) is 0.684. The molecule has 1 aromatic carbocycles. The molecule has 3 heterocycles. The molecule has 4 aliphatic rings. The molecule has 1 saturated heterocycles. The maximum atomic E-state index is 2.79. The molecule has 0 amide bonds. The first-order chi connectivity index (χ1) is 10.4. The Bertz CT molecular complexity index is 548. The van der Waals surface area contributed by atoms with Gasteiger partial charge in [0.2, 0.25) is 0 Å². The minimum atomic E-state index is 0.814. The fourth-order valence-corrected chi connectivity index (χ4v) is 5.22. The summed E-state index contributed by atoms with van der Waals surface area (Å²) in [5.74, 6) is 2.71. The number of rotatable bonds is 2. The summed E-state index contributed by atoms with van der Waals surface area (Å²) >= 11 is 0. The SMILES string of the molecule is c1cc2c3c(c1)[C@@H]1CN(CC4CCC4)C[C@@H]1CN3CCC2. The van der Waals surface area contributed by atoms with Crippen molar-refractivity contribution in [3.63, 3.8) is 0 Å². The molecule has 0 bridgehead atoms. The van der Waals surface area contributed by atoms with E-state index in [1.165, 1.54) is 64.8 Å². The van der Waals surface area contributed by atoms with E-state index < -0.39 is 0 Å². The van der Waals surface area contributed by atoms with Crippen molar-refractivity contribution in [2.24, 2.45) is 11.8 Å². The molecule has 112 valence electrons. The van der Waals surface area contributed by atoms with Crippen molar-refractivity contribution >= 4 is 5.69 Å². The third kappa shape index (κ3) is 1.95. The average molecular weight is 282 g/mol. The molecule has 2 atom stereocenters. The van der Waals surface area contributed by atoms with E-state index in [0.29, 0.717) is 0 Å². The highest BCUT2D eigenvalue weighted by atomic mass is 15.2. The molecule has 1 aromatic rings. The molecule has 1 aliphatic carbocycles. The average Bonchev–Trinajstić information content (AvgIpc) is 2.86. The molecule has 2 fully saturated rings. The number of likely N-dealkylation sites (tertiary alicyclic amines) is 1. The van der Waals surface area contributed by atoms with Gasteiger partial charge in [-0.15, -0.1) is 0 Å². The second-order valence-corrected chi connectivity index (χ2v) is 7.79. The Labute approximate surface area is 128 Å². The van der Waals surface area contributed by atoms with Gasteiger partial charge in [0.05, 0.1) is 0 Å². The normalized spacial score (nSPS) is 31.7. The van der Waals surface area contributed by atoms with Crippen LogP contribution in [0.1, 0.15) is 42.7 Å². The summed E-state index contributed by atoms with van der Waals surface area (Å²) in [4.78, 5) is 5.50. The molecule has 21 heavy (non-hydrogen) atoms. The van der Waals surface area contributed by atoms with Crippen LogP contribution in [0.3, 0.4) is 0 Å². The molecule has 0 radical (unpaired) electrons. The predicted octanol–water partition coefficient (Wildman–Crippen LogP) is 3.27. The summed E-state index contributed by atoms with van der Waals surface area (Å²) < 4.78 is 0. The molecule has 0 unspecified atom stereocenters. The molecule has 3 aliphatic heterocycles. The van der Waals surface area contributed by atoms with Crippen LogP contribution in [0.4, 0.5) is 5.69 Å². The quantitative estimate of drug-likeness (QED) is 0.821. The first kappa shape index (κ1) is 12.5. The van der Waals surface area contributed by atoms with Gasteiger partial charge in [0.1, 0.15) is 0 Å². The Kier molecular flexibility index (Phi) is 2.83. The molecule has 0 aromatic heterocycles. The first-order valence-corrected chi connectivity index (χ1v) is 8.97. The van der Waals surface area contributed by atoms with Crippen molar-refractivity contribution in [3.8, 4) is 0 Å². The van der Waals surface area contributed by atoms with Crippen LogP contribution in [0.15, 0.2) is 18.2 Å². The van der Waals surface area contributed by atoms with Gasteiger partial charge in [0.25, 0.3) is 0 Å². The van der Waals surface area contributed by atoms with Gasteiger partial charge in [-0.05, 0) is 48.6 Å². The van der Waals surface area contributed by atoms with Crippen LogP contribution >= 0.6 is 0 Å². The van der Waals surface area contributed by atoms with E-state index in [0.717, 1.165) is 17.8 Å². The number of anilines is 1. The van der Waals surface area contributed by atoms with E-state index >= 15 is 0 Å². The van der Waals surface area contributed by atoms with Gasteiger partial charge in [0.15, 0.2) is 0 Å². The smallest absolute Gasteiger partial charge is 0.0434 e. The highest BCUT2D eigenvalue weighted by molar-refractivity contribution is 5.64. The van der Waals surface area contributed by atoms with Crippen LogP contribution < -0.4 is 4.90 Å². The highest BCUT2D eigenvalue weighted by Crippen LogP contribution is 2.46. The van der Waals surface area contributed by atoms with Crippen molar-refractivity contribution in [2.75, 3.05) is 37.6 Å². The van der Waals surface area contributed by atoms with Crippen LogP contribution in [-0.4, -0.2) is 37.6 Å². The third-order valence-electron chi connectivity index (χ3n) is 6.45. The van der Waals surface area contributed by atoms with Gasteiger partial charge in [-0.2, -0.15) is 0 Å². The molecule has 0 spiro atoms. The van der Waals surface area contributed by atoms with E-state index in [9.17, 15) is 0 Å². The summed E-state index contributed by atoms with van der Waals surface area (Å²) in [6, 6.07) is 7.11. The maximum absolute atomic E-state index is 2.79. The van der Waals surface area contributed by atoms with E-state index in [4.69, 9.17) is 0 Å². The van der Waals surface area contributed by atoms with E-state index in [2.05, 4.69) is 28.0 Å². The Balaban J connectivity index is 1.44. The van der Waals surface area contributed by atoms with Gasteiger partial charge in [-0.3, -0.25) is 0 Å². The predicted molar refractivity (Wildman–Crippen MR) is 87.0 cm³/mol. The zero-order valence-electron chi connectivity index (χ0n) is 12.9. The number of para-hydroxylation sites is 1. The first-order valence-electron chi connectivity index (χ1n) is 8.97. The van der Waals surface area contributed by atoms with E-state index in [-0.39, 0.29) is 0 Å². The van der Waals surface area contributed by atoms with Crippen LogP contribution in [0, 0.1) is 11.8 Å². The Morgan fingerprint density at radius 1 is 1.05 bits per heavy atom. The third-order valence-corrected chi connectivity index (χ3v) is 6.45. The topological polar surface area (TPSA) is 6.48 Å². The lowest BCUT2D eigenvalue weighted by molar-refractivity contribution is 0.200. The minimum absolute atomic E-state index is 0.814. The number of hydrogen-bond acceptors (Lipinski definition) is 2. The Morgan fingerprint density at radius 2 is 2.00 bits per heavy atom. The van der Waals surface area contributed by atoms with Crippen LogP contribution in [0.25, 0.3) is 0 Å².